The summed E-state index contributed by atoms with van der Waals surface area (Å²) in [7, 11) is -1.11. The SMILES string of the molecule is CCCN(CCC)CCN[Si](CC)(CC)CC. The zero-order valence-corrected chi connectivity index (χ0v) is 13.8. The van der Waals surface area contributed by atoms with Gasteiger partial charge in [-0.3, -0.25) is 0 Å². The van der Waals surface area contributed by atoms with E-state index in [9.17, 15) is 0 Å². The summed E-state index contributed by atoms with van der Waals surface area (Å²) in [6, 6.07) is 4.13. The van der Waals surface area contributed by atoms with Gasteiger partial charge >= 0.3 is 0 Å². The van der Waals surface area contributed by atoms with E-state index in [4.69, 9.17) is 0 Å². The highest BCUT2D eigenvalue weighted by Gasteiger charge is 2.25. The van der Waals surface area contributed by atoms with Crippen LogP contribution in [0.15, 0.2) is 0 Å². The van der Waals surface area contributed by atoms with Crippen molar-refractivity contribution in [1.29, 1.82) is 0 Å². The average Bonchev–Trinajstić information content (AvgIpc) is 2.36. The van der Waals surface area contributed by atoms with Crippen LogP contribution in [0.3, 0.4) is 0 Å². The first-order chi connectivity index (χ1) is 8.17. The van der Waals surface area contributed by atoms with Gasteiger partial charge in [0, 0.05) is 13.1 Å². The van der Waals surface area contributed by atoms with Gasteiger partial charge in [-0.1, -0.05) is 34.6 Å². The fourth-order valence-electron chi connectivity index (χ4n) is 2.57. The molecule has 0 aromatic rings. The lowest BCUT2D eigenvalue weighted by molar-refractivity contribution is 0.279. The van der Waals surface area contributed by atoms with E-state index in [2.05, 4.69) is 44.5 Å². The topological polar surface area (TPSA) is 15.3 Å². The Labute approximate surface area is 110 Å². The molecular formula is C14H34N2Si. The van der Waals surface area contributed by atoms with Crippen LogP contribution in [0, 0.1) is 0 Å². The Morgan fingerprint density at radius 1 is 0.765 bits per heavy atom. The van der Waals surface area contributed by atoms with Crippen LogP contribution >= 0.6 is 0 Å². The maximum atomic E-state index is 3.93. The molecule has 0 rings (SSSR count). The van der Waals surface area contributed by atoms with Crippen molar-refractivity contribution in [2.24, 2.45) is 0 Å². The van der Waals surface area contributed by atoms with E-state index in [1.807, 2.05) is 0 Å². The predicted octanol–water partition coefficient (Wildman–Crippen LogP) is 3.70. The van der Waals surface area contributed by atoms with E-state index < -0.39 is 8.24 Å². The van der Waals surface area contributed by atoms with Gasteiger partial charge in [-0.05, 0) is 44.1 Å². The molecule has 0 spiro atoms. The minimum Gasteiger partial charge on any atom is -0.336 e. The molecule has 17 heavy (non-hydrogen) atoms. The summed E-state index contributed by atoms with van der Waals surface area (Å²) in [5.74, 6) is 0. The standard InChI is InChI=1S/C14H34N2Si/c1-6-12-16(13-7-2)14-11-15-17(8-3,9-4)10-5/h15H,6-14H2,1-5H3. The summed E-state index contributed by atoms with van der Waals surface area (Å²) in [5, 5.41) is 0. The number of nitrogens with one attached hydrogen (secondary N) is 1. The second-order valence-corrected chi connectivity index (χ2v) is 10.1. The van der Waals surface area contributed by atoms with E-state index in [0.29, 0.717) is 0 Å². The van der Waals surface area contributed by atoms with Gasteiger partial charge in [0.05, 0.1) is 0 Å². The summed E-state index contributed by atoms with van der Waals surface area (Å²) in [6.07, 6.45) is 2.55. The Morgan fingerprint density at radius 3 is 1.59 bits per heavy atom. The van der Waals surface area contributed by atoms with Gasteiger partial charge < -0.3 is 9.88 Å². The lowest BCUT2D eigenvalue weighted by Gasteiger charge is -2.31. The number of rotatable bonds is 11. The van der Waals surface area contributed by atoms with Gasteiger partial charge in [0.25, 0.3) is 0 Å². The quantitative estimate of drug-likeness (QED) is 0.569. The molecule has 3 heteroatoms. The molecular weight excluding hydrogens is 224 g/mol. The number of nitrogens with zero attached hydrogens (tertiary/aromatic N) is 1. The minimum absolute atomic E-state index is 1.11. The van der Waals surface area contributed by atoms with Crippen LogP contribution in [-0.2, 0) is 0 Å². The van der Waals surface area contributed by atoms with Gasteiger partial charge in [-0.25, -0.2) is 0 Å². The largest absolute Gasteiger partial charge is 0.336 e. The first kappa shape index (κ1) is 17.1. The third-order valence-electron chi connectivity index (χ3n) is 4.04. The fraction of sp³-hybridized carbons (Fsp3) is 1.00. The molecule has 104 valence electrons. The Hall–Kier alpha value is 0.137. The van der Waals surface area contributed by atoms with Crippen LogP contribution < -0.4 is 4.98 Å². The second-order valence-electron chi connectivity index (χ2n) is 5.11. The molecule has 0 amide bonds. The van der Waals surface area contributed by atoms with Crippen molar-refractivity contribution >= 4 is 8.24 Å². The van der Waals surface area contributed by atoms with Crippen molar-refractivity contribution < 1.29 is 0 Å². The van der Waals surface area contributed by atoms with Crippen LogP contribution in [0.5, 0.6) is 0 Å². The first-order valence-electron chi connectivity index (χ1n) is 7.65. The molecule has 0 aliphatic carbocycles. The third-order valence-corrected chi connectivity index (χ3v) is 9.10. The highest BCUT2D eigenvalue weighted by molar-refractivity contribution is 6.77. The van der Waals surface area contributed by atoms with E-state index in [0.717, 1.165) is 0 Å². The van der Waals surface area contributed by atoms with Gasteiger partial charge in [-0.2, -0.15) is 0 Å². The highest BCUT2D eigenvalue weighted by Crippen LogP contribution is 2.16. The van der Waals surface area contributed by atoms with Crippen molar-refractivity contribution in [3.63, 3.8) is 0 Å². The lowest BCUT2D eigenvalue weighted by Crippen LogP contribution is -2.51. The summed E-state index contributed by atoms with van der Waals surface area (Å²) in [4.78, 5) is 6.53. The van der Waals surface area contributed by atoms with Crippen molar-refractivity contribution in [3.05, 3.63) is 0 Å². The molecule has 0 heterocycles. The molecule has 0 aromatic carbocycles. The molecule has 0 unspecified atom stereocenters. The molecule has 0 aromatic heterocycles. The molecule has 0 aliphatic heterocycles. The Bertz CT molecular complexity index is 155. The van der Waals surface area contributed by atoms with Crippen molar-refractivity contribution in [2.45, 2.75) is 65.6 Å². The molecule has 0 saturated heterocycles. The van der Waals surface area contributed by atoms with Gasteiger partial charge in [-0.15, -0.1) is 0 Å². The average molecular weight is 259 g/mol. The zero-order valence-electron chi connectivity index (χ0n) is 12.8. The van der Waals surface area contributed by atoms with Crippen molar-refractivity contribution in [3.8, 4) is 0 Å². The van der Waals surface area contributed by atoms with Crippen LogP contribution in [0.4, 0.5) is 0 Å². The van der Waals surface area contributed by atoms with Gasteiger partial charge in [0.1, 0.15) is 8.24 Å². The highest BCUT2D eigenvalue weighted by atomic mass is 28.3. The zero-order chi connectivity index (χ0) is 13.1. The summed E-state index contributed by atoms with van der Waals surface area (Å²) < 4.78 is 0. The molecule has 0 radical (unpaired) electrons. The summed E-state index contributed by atoms with van der Waals surface area (Å²) >= 11 is 0. The summed E-state index contributed by atoms with van der Waals surface area (Å²) in [5.41, 5.74) is 0. The Kier molecular flexibility index (Phi) is 10.2. The van der Waals surface area contributed by atoms with Crippen LogP contribution in [-0.4, -0.2) is 39.3 Å². The smallest absolute Gasteiger partial charge is 0.124 e. The Balaban J connectivity index is 3.99. The predicted molar refractivity (Wildman–Crippen MR) is 82.2 cm³/mol. The molecule has 0 aliphatic rings. The molecule has 0 atom stereocenters. The molecule has 0 saturated carbocycles. The maximum Gasteiger partial charge on any atom is 0.124 e. The molecule has 0 fully saturated rings. The maximum absolute atomic E-state index is 3.93. The number of hydrogen-bond donors (Lipinski definition) is 1. The monoisotopic (exact) mass is 258 g/mol. The third kappa shape index (κ3) is 6.58. The van der Waals surface area contributed by atoms with Crippen LogP contribution in [0.1, 0.15) is 47.5 Å². The Morgan fingerprint density at radius 2 is 1.24 bits per heavy atom. The normalized spacial score (nSPS) is 12.4. The van der Waals surface area contributed by atoms with E-state index in [1.165, 1.54) is 57.2 Å². The molecule has 1 N–H and O–H groups in total. The number of hydrogen-bond acceptors (Lipinski definition) is 2. The lowest BCUT2D eigenvalue weighted by atomic mass is 10.3. The minimum atomic E-state index is -1.11. The van der Waals surface area contributed by atoms with Crippen LogP contribution in [0.2, 0.25) is 18.1 Å². The fourth-order valence-corrected chi connectivity index (χ4v) is 5.46. The van der Waals surface area contributed by atoms with Crippen molar-refractivity contribution in [2.75, 3.05) is 26.2 Å². The molecule has 2 nitrogen and oxygen atoms in total. The van der Waals surface area contributed by atoms with Gasteiger partial charge in [0.2, 0.25) is 0 Å². The van der Waals surface area contributed by atoms with E-state index in [1.54, 1.807) is 0 Å². The molecule has 0 bridgehead atoms. The van der Waals surface area contributed by atoms with E-state index in [-0.39, 0.29) is 0 Å². The van der Waals surface area contributed by atoms with Crippen LogP contribution in [0.25, 0.3) is 0 Å². The van der Waals surface area contributed by atoms with E-state index >= 15 is 0 Å². The van der Waals surface area contributed by atoms with Gasteiger partial charge in [0.15, 0.2) is 0 Å². The van der Waals surface area contributed by atoms with Crippen molar-refractivity contribution in [1.82, 2.24) is 9.88 Å². The second kappa shape index (κ2) is 10.1. The first-order valence-corrected chi connectivity index (χ1v) is 10.3. The summed E-state index contributed by atoms with van der Waals surface area (Å²) in [6.45, 7) is 16.6.